The fourth-order valence-corrected chi connectivity index (χ4v) is 5.37. The van der Waals surface area contributed by atoms with Gasteiger partial charge in [-0.2, -0.15) is 5.10 Å². The van der Waals surface area contributed by atoms with E-state index in [9.17, 15) is 28.0 Å². The first-order valence-electron chi connectivity index (χ1n) is 16.1. The fourth-order valence-electron chi connectivity index (χ4n) is 5.37. The Morgan fingerprint density at radius 1 is 0.939 bits per heavy atom. The molecule has 4 amide bonds. The number of nitrogens with one attached hydrogen (secondary N) is 3. The Labute approximate surface area is 285 Å². The van der Waals surface area contributed by atoms with Crippen molar-refractivity contribution in [3.8, 4) is 5.69 Å². The Hall–Kier alpha value is -4.91. The van der Waals surface area contributed by atoms with Crippen molar-refractivity contribution in [1.82, 2.24) is 30.6 Å². The second-order valence-corrected chi connectivity index (χ2v) is 13.9. The second kappa shape index (κ2) is 15.5. The minimum atomic E-state index is -1.03. The number of benzene rings is 2. The summed E-state index contributed by atoms with van der Waals surface area (Å²) in [7, 11) is 0. The number of carbonyl (C=O) groups is 4. The van der Waals surface area contributed by atoms with Crippen LogP contribution in [0.4, 0.5) is 13.6 Å². The van der Waals surface area contributed by atoms with Crippen LogP contribution in [0.15, 0.2) is 66.9 Å². The van der Waals surface area contributed by atoms with Gasteiger partial charge in [0.25, 0.3) is 11.8 Å². The van der Waals surface area contributed by atoms with E-state index in [1.807, 2.05) is 51.1 Å². The maximum absolute atomic E-state index is 14.9. The van der Waals surface area contributed by atoms with Gasteiger partial charge in [0.15, 0.2) is 0 Å². The molecule has 0 radical (unpaired) electrons. The van der Waals surface area contributed by atoms with Crippen LogP contribution in [0.3, 0.4) is 0 Å². The summed E-state index contributed by atoms with van der Waals surface area (Å²) in [6.07, 6.45) is 3.86. The summed E-state index contributed by atoms with van der Waals surface area (Å²) in [5.41, 5.74) is 1.14. The van der Waals surface area contributed by atoms with Gasteiger partial charge in [-0.25, -0.2) is 18.3 Å². The molecule has 0 spiro atoms. The van der Waals surface area contributed by atoms with E-state index in [0.29, 0.717) is 12.1 Å². The van der Waals surface area contributed by atoms with E-state index in [4.69, 9.17) is 9.84 Å². The van der Waals surface area contributed by atoms with Gasteiger partial charge in [0, 0.05) is 43.9 Å². The van der Waals surface area contributed by atoms with E-state index in [0.717, 1.165) is 46.4 Å². The first-order valence-corrected chi connectivity index (χ1v) is 16.1. The fraction of sp³-hybridized carbons (Fsp3) is 0.417. The minimum absolute atomic E-state index is 0.0144. The van der Waals surface area contributed by atoms with Gasteiger partial charge in [-0.3, -0.25) is 19.3 Å². The van der Waals surface area contributed by atoms with Crippen LogP contribution in [0.2, 0.25) is 0 Å². The molecule has 3 aromatic rings. The van der Waals surface area contributed by atoms with E-state index in [-0.39, 0.29) is 31.7 Å². The molecule has 3 N–H and O–H groups in total. The molecular formula is C36H44F2N6O5. The molecule has 262 valence electrons. The first kappa shape index (κ1) is 36.9. The summed E-state index contributed by atoms with van der Waals surface area (Å²) in [6.45, 7) is 11.3. The Bertz CT molecular complexity index is 1680. The zero-order valence-corrected chi connectivity index (χ0v) is 28.7. The molecule has 11 nitrogen and oxygen atoms in total. The van der Waals surface area contributed by atoms with E-state index in [1.165, 1.54) is 4.68 Å². The predicted octanol–water partition coefficient (Wildman–Crippen LogP) is 4.74. The summed E-state index contributed by atoms with van der Waals surface area (Å²) < 4.78 is 35.8. The molecule has 13 heteroatoms. The lowest BCUT2D eigenvalue weighted by Crippen LogP contribution is -2.51. The molecule has 1 aliphatic heterocycles. The highest BCUT2D eigenvalue weighted by Gasteiger charge is 2.32. The number of alkyl carbamates (subject to hydrolysis) is 1. The van der Waals surface area contributed by atoms with E-state index >= 15 is 0 Å². The quantitative estimate of drug-likeness (QED) is 0.222. The topological polar surface area (TPSA) is 135 Å². The Morgan fingerprint density at radius 3 is 2.24 bits per heavy atom. The van der Waals surface area contributed by atoms with Crippen molar-refractivity contribution in [2.24, 2.45) is 5.41 Å². The largest absolute Gasteiger partial charge is 0.444 e. The van der Waals surface area contributed by atoms with Gasteiger partial charge in [-0.1, -0.05) is 51.1 Å². The van der Waals surface area contributed by atoms with Crippen LogP contribution in [0.1, 0.15) is 70.8 Å². The third kappa shape index (κ3) is 10.3. The molecule has 0 bridgehead atoms. The number of hydrogen-bond donors (Lipinski definition) is 3. The molecule has 0 fully saturated rings. The van der Waals surface area contributed by atoms with Crippen molar-refractivity contribution in [1.29, 1.82) is 0 Å². The van der Waals surface area contributed by atoms with Crippen molar-refractivity contribution in [2.45, 2.75) is 72.1 Å². The first-order chi connectivity index (χ1) is 23.0. The predicted molar refractivity (Wildman–Crippen MR) is 180 cm³/mol. The van der Waals surface area contributed by atoms with Crippen LogP contribution in [-0.2, 0) is 25.5 Å². The maximum Gasteiger partial charge on any atom is 0.408 e. The number of hydrogen-bond acceptors (Lipinski definition) is 7. The molecule has 0 unspecified atom stereocenters. The lowest BCUT2D eigenvalue weighted by molar-refractivity contribution is -0.137. The van der Waals surface area contributed by atoms with Gasteiger partial charge < -0.3 is 20.7 Å². The summed E-state index contributed by atoms with van der Waals surface area (Å²) >= 11 is 0. The van der Waals surface area contributed by atoms with E-state index in [2.05, 4.69) is 16.0 Å². The smallest absolute Gasteiger partial charge is 0.408 e. The van der Waals surface area contributed by atoms with Gasteiger partial charge in [-0.05, 0) is 62.4 Å². The third-order valence-corrected chi connectivity index (χ3v) is 7.68. The van der Waals surface area contributed by atoms with Crippen LogP contribution in [-0.4, -0.2) is 69.8 Å². The van der Waals surface area contributed by atoms with Crippen molar-refractivity contribution in [2.75, 3.05) is 19.6 Å². The Morgan fingerprint density at radius 2 is 1.61 bits per heavy atom. The molecule has 2 heterocycles. The SMILES string of the molecule is CC(C)(C)OC(=O)N[C@@H](CCN[C@@H](c1nn(-c2cc(F)ccc2F)cc1Cc1ccccc1)C(C)(C)C)C(=O)NCCN1C(=O)C=CC1=O. The van der Waals surface area contributed by atoms with Crippen LogP contribution in [0.5, 0.6) is 0 Å². The maximum atomic E-state index is 14.9. The number of ether oxygens (including phenoxy) is 1. The summed E-state index contributed by atoms with van der Waals surface area (Å²) in [4.78, 5) is 50.8. The number of rotatable bonds is 13. The standard InChI is InChI=1S/C36H44F2N6O5/c1-35(2,3)32(31-24(20-23-10-8-7-9-11-23)22-44(42-31)28-21-25(37)12-13-26(28)38)39-17-16-27(41-34(48)49-36(4,5)6)33(47)40-18-19-43-29(45)14-15-30(43)46/h7-15,21-22,27,32,39H,16-20H2,1-6H3,(H,40,47)(H,41,48)/t27-,32-/m0/s1. The average molecular weight is 679 g/mol. The van der Waals surface area contributed by atoms with Gasteiger partial charge in [0.2, 0.25) is 5.91 Å². The molecule has 0 saturated heterocycles. The number of aromatic nitrogens is 2. The number of carbonyl (C=O) groups excluding carboxylic acids is 4. The molecule has 4 rings (SSSR count). The van der Waals surface area contributed by atoms with Gasteiger partial charge in [0.05, 0.1) is 11.7 Å². The molecule has 0 aliphatic carbocycles. The molecule has 1 aromatic heterocycles. The van der Waals surface area contributed by atoms with E-state index in [1.54, 1.807) is 27.0 Å². The highest BCUT2D eigenvalue weighted by Crippen LogP contribution is 2.35. The minimum Gasteiger partial charge on any atom is -0.444 e. The molecular weight excluding hydrogens is 634 g/mol. The third-order valence-electron chi connectivity index (χ3n) is 7.68. The zero-order chi connectivity index (χ0) is 35.9. The van der Waals surface area contributed by atoms with Gasteiger partial charge in [0.1, 0.15) is 29.0 Å². The zero-order valence-electron chi connectivity index (χ0n) is 28.7. The Balaban J connectivity index is 1.56. The van der Waals surface area contributed by atoms with Crippen molar-refractivity contribution in [3.05, 3.63) is 95.3 Å². The second-order valence-electron chi connectivity index (χ2n) is 13.9. The summed E-state index contributed by atoms with van der Waals surface area (Å²) in [5.74, 6) is -2.68. The summed E-state index contributed by atoms with van der Waals surface area (Å²) in [5, 5.41) is 13.6. The monoisotopic (exact) mass is 678 g/mol. The molecule has 49 heavy (non-hydrogen) atoms. The van der Waals surface area contributed by atoms with Gasteiger partial charge >= 0.3 is 6.09 Å². The average Bonchev–Trinajstić information content (AvgIpc) is 3.56. The molecule has 0 saturated carbocycles. The van der Waals surface area contributed by atoms with Crippen LogP contribution < -0.4 is 16.0 Å². The Kier molecular flexibility index (Phi) is 11.7. The molecule has 2 atom stereocenters. The van der Waals surface area contributed by atoms with Gasteiger partial charge in [-0.15, -0.1) is 0 Å². The van der Waals surface area contributed by atoms with Crippen LogP contribution in [0, 0.1) is 17.0 Å². The lowest BCUT2D eigenvalue weighted by Gasteiger charge is -2.32. The number of amides is 4. The van der Waals surface area contributed by atoms with Crippen LogP contribution >= 0.6 is 0 Å². The molecule has 1 aliphatic rings. The van der Waals surface area contributed by atoms with Crippen LogP contribution in [0.25, 0.3) is 5.69 Å². The van der Waals surface area contributed by atoms with E-state index < -0.39 is 58.5 Å². The van der Waals surface area contributed by atoms with Crippen molar-refractivity contribution < 1.29 is 32.7 Å². The molecule has 2 aromatic carbocycles. The van der Waals surface area contributed by atoms with Crippen molar-refractivity contribution in [3.63, 3.8) is 0 Å². The highest BCUT2D eigenvalue weighted by molar-refractivity contribution is 6.12. The summed E-state index contributed by atoms with van der Waals surface area (Å²) in [6, 6.07) is 11.4. The number of halogens is 2. The normalized spacial score (nSPS) is 14.6. The number of nitrogens with zero attached hydrogens (tertiary/aromatic N) is 3. The number of imide groups is 1. The van der Waals surface area contributed by atoms with Crippen molar-refractivity contribution >= 4 is 23.8 Å². The lowest BCUT2D eigenvalue weighted by atomic mass is 9.83. The highest BCUT2D eigenvalue weighted by atomic mass is 19.1.